The largest absolute Gasteiger partial charge is 0.449 e. The van der Waals surface area contributed by atoms with Crippen molar-refractivity contribution in [1.82, 2.24) is 15.1 Å². The molecule has 1 saturated carbocycles. The van der Waals surface area contributed by atoms with Crippen LogP contribution in [0.1, 0.15) is 35.8 Å². The monoisotopic (exact) mass is 365 g/mol. The lowest BCUT2D eigenvalue weighted by atomic mass is 10.2. The van der Waals surface area contributed by atoms with Gasteiger partial charge < -0.3 is 10.1 Å². The van der Waals surface area contributed by atoms with Gasteiger partial charge in [0.15, 0.2) is 6.10 Å². The van der Waals surface area contributed by atoms with Crippen molar-refractivity contribution in [2.24, 2.45) is 0 Å². The first-order chi connectivity index (χ1) is 11.9. The predicted octanol–water partition coefficient (Wildman–Crippen LogP) is 2.80. The second-order valence-electron chi connectivity index (χ2n) is 5.97. The van der Waals surface area contributed by atoms with Crippen molar-refractivity contribution in [2.45, 2.75) is 38.8 Å². The van der Waals surface area contributed by atoms with Gasteiger partial charge in [-0.3, -0.25) is 4.79 Å². The van der Waals surface area contributed by atoms with Gasteiger partial charge in [0.1, 0.15) is 16.5 Å². The minimum Gasteiger partial charge on any atom is -0.449 e. The summed E-state index contributed by atoms with van der Waals surface area (Å²) in [6.07, 6.45) is 0.960. The second-order valence-corrected chi connectivity index (χ2v) is 6.33. The molecule has 1 heterocycles. The highest BCUT2D eigenvalue weighted by molar-refractivity contribution is 6.33. The molecule has 0 bridgehead atoms. The summed E-state index contributed by atoms with van der Waals surface area (Å²) in [5.41, 5.74) is 0.944. The van der Waals surface area contributed by atoms with E-state index in [1.165, 1.54) is 35.9 Å². The fourth-order valence-corrected chi connectivity index (χ4v) is 2.65. The Kier molecular flexibility index (Phi) is 4.76. The van der Waals surface area contributed by atoms with E-state index in [1.807, 2.05) is 0 Å². The van der Waals surface area contributed by atoms with Crippen LogP contribution in [0.15, 0.2) is 24.3 Å². The molecule has 1 fully saturated rings. The third-order valence-electron chi connectivity index (χ3n) is 3.86. The van der Waals surface area contributed by atoms with Crippen LogP contribution in [0, 0.1) is 12.7 Å². The number of ether oxygens (including phenoxy) is 1. The highest BCUT2D eigenvalue weighted by Gasteiger charge is 2.29. The predicted molar refractivity (Wildman–Crippen MR) is 89.3 cm³/mol. The van der Waals surface area contributed by atoms with E-state index in [0.717, 1.165) is 12.8 Å². The summed E-state index contributed by atoms with van der Waals surface area (Å²) in [4.78, 5) is 24.3. The van der Waals surface area contributed by atoms with E-state index >= 15 is 0 Å². The summed E-state index contributed by atoms with van der Waals surface area (Å²) in [6, 6.07) is 5.71. The fourth-order valence-electron chi connectivity index (χ4n) is 2.30. The summed E-state index contributed by atoms with van der Waals surface area (Å²) in [7, 11) is 0. The Morgan fingerprint density at radius 3 is 2.60 bits per heavy atom. The first-order valence-corrected chi connectivity index (χ1v) is 8.27. The van der Waals surface area contributed by atoms with E-state index in [4.69, 9.17) is 16.3 Å². The molecule has 0 spiro atoms. The number of nitrogens with zero attached hydrogens (tertiary/aromatic N) is 2. The van der Waals surface area contributed by atoms with E-state index in [0.29, 0.717) is 11.4 Å². The molecule has 1 atom stereocenters. The SMILES string of the molecule is Cc1nn(-c2ccc(F)cc2)c(Cl)c1C(=O)OC(C)C(=O)NC1CC1. The number of carbonyl (C=O) groups is 2. The average molecular weight is 366 g/mol. The van der Waals surface area contributed by atoms with Gasteiger partial charge in [-0.1, -0.05) is 11.6 Å². The first-order valence-electron chi connectivity index (χ1n) is 7.89. The highest BCUT2D eigenvalue weighted by Crippen LogP contribution is 2.25. The Morgan fingerprint density at radius 2 is 2.00 bits per heavy atom. The van der Waals surface area contributed by atoms with E-state index in [2.05, 4.69) is 10.4 Å². The summed E-state index contributed by atoms with van der Waals surface area (Å²) < 4.78 is 19.6. The normalized spacial score (nSPS) is 14.9. The van der Waals surface area contributed by atoms with Crippen molar-refractivity contribution in [2.75, 3.05) is 0 Å². The molecule has 1 N–H and O–H groups in total. The Balaban J connectivity index is 1.78. The third kappa shape index (κ3) is 3.82. The number of hydrogen-bond acceptors (Lipinski definition) is 4. The number of aromatic nitrogens is 2. The number of carbonyl (C=O) groups excluding carboxylic acids is 2. The molecule has 1 unspecified atom stereocenters. The van der Waals surface area contributed by atoms with Gasteiger partial charge in [0.2, 0.25) is 0 Å². The molecule has 0 aliphatic heterocycles. The van der Waals surface area contributed by atoms with Crippen LogP contribution in [0.2, 0.25) is 5.15 Å². The maximum atomic E-state index is 13.1. The lowest BCUT2D eigenvalue weighted by Crippen LogP contribution is -2.37. The van der Waals surface area contributed by atoms with Gasteiger partial charge in [0, 0.05) is 6.04 Å². The Labute approximate surface area is 148 Å². The van der Waals surface area contributed by atoms with Crippen molar-refractivity contribution in [3.8, 4) is 5.69 Å². The number of benzene rings is 1. The third-order valence-corrected chi connectivity index (χ3v) is 4.21. The van der Waals surface area contributed by atoms with E-state index in [9.17, 15) is 14.0 Å². The van der Waals surface area contributed by atoms with Crippen molar-refractivity contribution in [3.05, 3.63) is 46.5 Å². The van der Waals surface area contributed by atoms with E-state index in [1.54, 1.807) is 6.92 Å². The van der Waals surface area contributed by atoms with Crippen LogP contribution < -0.4 is 5.32 Å². The maximum Gasteiger partial charge on any atom is 0.344 e. The Bertz CT molecular complexity index is 815. The quantitative estimate of drug-likeness (QED) is 0.827. The van der Waals surface area contributed by atoms with Crippen molar-refractivity contribution in [1.29, 1.82) is 0 Å². The molecule has 0 radical (unpaired) electrons. The number of halogens is 2. The molecule has 1 aromatic heterocycles. The zero-order chi connectivity index (χ0) is 18.1. The molecule has 1 aromatic carbocycles. The molecule has 3 rings (SSSR count). The van der Waals surface area contributed by atoms with Gasteiger partial charge in [-0.2, -0.15) is 5.10 Å². The van der Waals surface area contributed by atoms with Crippen LogP contribution in [0.4, 0.5) is 4.39 Å². The molecule has 2 aromatic rings. The van der Waals surface area contributed by atoms with Gasteiger partial charge in [0.05, 0.1) is 11.4 Å². The summed E-state index contributed by atoms with van der Waals surface area (Å²) >= 11 is 6.26. The van der Waals surface area contributed by atoms with Gasteiger partial charge in [0.25, 0.3) is 5.91 Å². The zero-order valence-corrected chi connectivity index (χ0v) is 14.5. The van der Waals surface area contributed by atoms with E-state index < -0.39 is 12.1 Å². The number of amides is 1. The van der Waals surface area contributed by atoms with Gasteiger partial charge in [-0.25, -0.2) is 13.9 Å². The minimum absolute atomic E-state index is 0.0453. The molecule has 1 amide bonds. The minimum atomic E-state index is -0.933. The summed E-state index contributed by atoms with van der Waals surface area (Å²) in [5.74, 6) is -1.45. The molecule has 1 aliphatic carbocycles. The van der Waals surface area contributed by atoms with Crippen LogP contribution in [-0.4, -0.2) is 33.8 Å². The van der Waals surface area contributed by atoms with Crippen LogP contribution in [0.3, 0.4) is 0 Å². The van der Waals surface area contributed by atoms with Crippen molar-refractivity contribution in [3.63, 3.8) is 0 Å². The molecule has 1 aliphatic rings. The number of esters is 1. The van der Waals surface area contributed by atoms with Gasteiger partial charge in [-0.15, -0.1) is 0 Å². The smallest absolute Gasteiger partial charge is 0.344 e. The number of nitrogens with one attached hydrogen (secondary N) is 1. The fraction of sp³-hybridized carbons (Fsp3) is 0.353. The van der Waals surface area contributed by atoms with Crippen molar-refractivity contribution < 1.29 is 18.7 Å². The number of rotatable bonds is 5. The molecule has 25 heavy (non-hydrogen) atoms. The van der Waals surface area contributed by atoms with Crippen LogP contribution in [0.5, 0.6) is 0 Å². The molecule has 6 nitrogen and oxygen atoms in total. The van der Waals surface area contributed by atoms with Crippen LogP contribution in [0.25, 0.3) is 5.69 Å². The maximum absolute atomic E-state index is 13.1. The second kappa shape index (κ2) is 6.84. The van der Waals surface area contributed by atoms with Gasteiger partial charge in [-0.05, 0) is 51.0 Å². The molecule has 132 valence electrons. The molecule has 8 heteroatoms. The summed E-state index contributed by atoms with van der Waals surface area (Å²) in [5, 5.41) is 7.02. The van der Waals surface area contributed by atoms with Gasteiger partial charge >= 0.3 is 5.97 Å². The highest BCUT2D eigenvalue weighted by atomic mass is 35.5. The Hall–Kier alpha value is -2.41. The standard InChI is InChI=1S/C17H17ClFN3O3/c1-9-14(17(24)25-10(2)16(23)20-12-5-6-12)15(18)22(21-9)13-7-3-11(19)4-8-13/h3-4,7-8,10,12H,5-6H2,1-2H3,(H,20,23). The van der Waals surface area contributed by atoms with Crippen LogP contribution >= 0.6 is 11.6 Å². The summed E-state index contributed by atoms with van der Waals surface area (Å²) in [6.45, 7) is 3.11. The topological polar surface area (TPSA) is 73.2 Å². The average Bonchev–Trinajstić information content (AvgIpc) is 3.32. The van der Waals surface area contributed by atoms with E-state index in [-0.39, 0.29) is 28.5 Å². The number of aryl methyl sites for hydroxylation is 1. The lowest BCUT2D eigenvalue weighted by molar-refractivity contribution is -0.129. The van der Waals surface area contributed by atoms with Crippen LogP contribution in [-0.2, 0) is 9.53 Å². The first kappa shape index (κ1) is 17.4. The zero-order valence-electron chi connectivity index (χ0n) is 13.8. The lowest BCUT2D eigenvalue weighted by Gasteiger charge is -2.13. The number of hydrogen-bond donors (Lipinski definition) is 1. The molecular weight excluding hydrogens is 349 g/mol. The molecular formula is C17H17ClFN3O3. The van der Waals surface area contributed by atoms with Crippen molar-refractivity contribution >= 4 is 23.5 Å². The Morgan fingerprint density at radius 1 is 1.36 bits per heavy atom. The molecule has 0 saturated heterocycles.